The van der Waals surface area contributed by atoms with Gasteiger partial charge in [0.05, 0.1) is 5.92 Å². The second kappa shape index (κ2) is 4.90. The summed E-state index contributed by atoms with van der Waals surface area (Å²) < 4.78 is 0. The Labute approximate surface area is 98.8 Å². The van der Waals surface area contributed by atoms with Crippen LogP contribution in [0.1, 0.15) is 12.0 Å². The molecule has 17 heavy (non-hydrogen) atoms. The molecule has 2 amide bonds. The molecule has 1 aromatic rings. The van der Waals surface area contributed by atoms with Crippen molar-refractivity contribution in [2.45, 2.75) is 12.8 Å². The number of amides is 2. The van der Waals surface area contributed by atoms with Crippen molar-refractivity contribution in [1.82, 2.24) is 14.9 Å². The lowest BCUT2D eigenvalue weighted by atomic mass is 10.1. The van der Waals surface area contributed by atoms with Gasteiger partial charge < -0.3 is 10.6 Å². The molecule has 1 atom stereocenters. The first-order valence-corrected chi connectivity index (χ1v) is 5.48. The zero-order valence-corrected chi connectivity index (χ0v) is 9.37. The maximum atomic E-state index is 11.6. The fraction of sp³-hybridized carbons (Fsp3) is 0.455. The highest BCUT2D eigenvalue weighted by atomic mass is 16.2. The summed E-state index contributed by atoms with van der Waals surface area (Å²) in [4.78, 5) is 32.1. The van der Waals surface area contributed by atoms with Crippen molar-refractivity contribution >= 4 is 11.8 Å². The van der Waals surface area contributed by atoms with Crippen LogP contribution in [-0.4, -0.2) is 39.8 Å². The van der Waals surface area contributed by atoms with Crippen molar-refractivity contribution < 1.29 is 9.59 Å². The summed E-state index contributed by atoms with van der Waals surface area (Å²) in [6, 6.07) is 0. The van der Waals surface area contributed by atoms with Gasteiger partial charge in [0.1, 0.15) is 6.33 Å². The lowest BCUT2D eigenvalue weighted by molar-refractivity contribution is -0.128. The Morgan fingerprint density at radius 1 is 1.47 bits per heavy atom. The second-order valence-corrected chi connectivity index (χ2v) is 4.14. The Kier molecular flexibility index (Phi) is 3.32. The number of primary amides is 1. The number of aromatic nitrogens is 2. The van der Waals surface area contributed by atoms with Crippen LogP contribution in [0.4, 0.5) is 0 Å². The van der Waals surface area contributed by atoms with E-state index in [0.717, 1.165) is 5.56 Å². The molecule has 0 bridgehead atoms. The zero-order valence-electron chi connectivity index (χ0n) is 9.37. The third kappa shape index (κ3) is 2.77. The van der Waals surface area contributed by atoms with E-state index in [9.17, 15) is 9.59 Å². The molecule has 1 saturated heterocycles. The first-order chi connectivity index (χ1) is 8.16. The fourth-order valence-electron chi connectivity index (χ4n) is 1.90. The van der Waals surface area contributed by atoms with Gasteiger partial charge in [-0.3, -0.25) is 9.59 Å². The molecule has 0 spiro atoms. The van der Waals surface area contributed by atoms with Gasteiger partial charge in [-0.25, -0.2) is 9.97 Å². The van der Waals surface area contributed by atoms with Crippen LogP contribution in [0, 0.1) is 5.92 Å². The zero-order chi connectivity index (χ0) is 12.3. The summed E-state index contributed by atoms with van der Waals surface area (Å²) in [6.07, 6.45) is 5.84. The molecule has 6 nitrogen and oxygen atoms in total. The molecule has 0 aromatic carbocycles. The fourth-order valence-corrected chi connectivity index (χ4v) is 1.90. The van der Waals surface area contributed by atoms with E-state index in [0.29, 0.717) is 19.5 Å². The monoisotopic (exact) mass is 234 g/mol. The minimum atomic E-state index is -0.399. The topological polar surface area (TPSA) is 89.2 Å². The van der Waals surface area contributed by atoms with Crippen molar-refractivity contribution in [2.24, 2.45) is 11.7 Å². The van der Waals surface area contributed by atoms with Crippen LogP contribution < -0.4 is 5.73 Å². The molecular formula is C11H14N4O2. The molecule has 2 N–H and O–H groups in total. The van der Waals surface area contributed by atoms with Gasteiger partial charge >= 0.3 is 0 Å². The van der Waals surface area contributed by atoms with Crippen LogP contribution in [0.3, 0.4) is 0 Å². The van der Waals surface area contributed by atoms with E-state index in [4.69, 9.17) is 5.73 Å². The summed E-state index contributed by atoms with van der Waals surface area (Å²) in [5, 5.41) is 0. The summed E-state index contributed by atoms with van der Waals surface area (Å²) in [5.74, 6) is -0.746. The Bertz CT molecular complexity index is 421. The van der Waals surface area contributed by atoms with Crippen LogP contribution in [0.2, 0.25) is 0 Å². The molecule has 90 valence electrons. The first-order valence-electron chi connectivity index (χ1n) is 5.48. The van der Waals surface area contributed by atoms with E-state index in [1.165, 1.54) is 6.33 Å². The molecule has 6 heteroatoms. The van der Waals surface area contributed by atoms with Crippen LogP contribution in [0.25, 0.3) is 0 Å². The summed E-state index contributed by atoms with van der Waals surface area (Å²) >= 11 is 0. The molecule has 0 saturated carbocycles. The number of nitrogens with zero attached hydrogens (tertiary/aromatic N) is 3. The average molecular weight is 234 g/mol. The quantitative estimate of drug-likeness (QED) is 0.750. The van der Waals surface area contributed by atoms with E-state index >= 15 is 0 Å². The van der Waals surface area contributed by atoms with Crippen LogP contribution in [0.15, 0.2) is 18.7 Å². The number of hydrogen-bond acceptors (Lipinski definition) is 4. The smallest absolute Gasteiger partial charge is 0.223 e. The lowest BCUT2D eigenvalue weighted by Gasteiger charge is -2.15. The molecule has 1 unspecified atom stereocenters. The van der Waals surface area contributed by atoms with E-state index in [-0.39, 0.29) is 18.2 Å². The van der Waals surface area contributed by atoms with Gasteiger partial charge in [0.15, 0.2) is 0 Å². The Morgan fingerprint density at radius 3 is 2.76 bits per heavy atom. The average Bonchev–Trinajstić information content (AvgIpc) is 2.70. The van der Waals surface area contributed by atoms with Gasteiger partial charge in [-0.15, -0.1) is 0 Å². The van der Waals surface area contributed by atoms with Gasteiger partial charge in [-0.2, -0.15) is 0 Å². The largest absolute Gasteiger partial charge is 0.369 e. The molecule has 1 aliphatic rings. The Morgan fingerprint density at radius 2 is 2.18 bits per heavy atom. The number of hydrogen-bond donors (Lipinski definition) is 1. The Balaban J connectivity index is 1.88. The normalized spacial score (nSPS) is 19.6. The molecular weight excluding hydrogens is 220 g/mol. The molecule has 0 aliphatic carbocycles. The molecule has 2 rings (SSSR count). The van der Waals surface area contributed by atoms with Crippen LogP contribution in [-0.2, 0) is 16.0 Å². The number of carbonyl (C=O) groups excluding carboxylic acids is 2. The highest BCUT2D eigenvalue weighted by Gasteiger charge is 2.32. The maximum absolute atomic E-state index is 11.6. The predicted octanol–water partition coefficient (Wildman–Crippen LogP) is -0.647. The van der Waals surface area contributed by atoms with E-state index < -0.39 is 5.91 Å². The van der Waals surface area contributed by atoms with Crippen LogP contribution >= 0.6 is 0 Å². The van der Waals surface area contributed by atoms with Crippen molar-refractivity contribution in [1.29, 1.82) is 0 Å². The minimum Gasteiger partial charge on any atom is -0.369 e. The van der Waals surface area contributed by atoms with Crippen molar-refractivity contribution in [2.75, 3.05) is 13.1 Å². The number of rotatable bonds is 4. The summed E-state index contributed by atoms with van der Waals surface area (Å²) in [7, 11) is 0. The van der Waals surface area contributed by atoms with E-state index in [1.54, 1.807) is 17.3 Å². The summed E-state index contributed by atoms with van der Waals surface area (Å²) in [6.45, 7) is 1.01. The third-order valence-corrected chi connectivity index (χ3v) is 2.90. The molecule has 0 radical (unpaired) electrons. The number of likely N-dealkylation sites (tertiary alicyclic amines) is 1. The molecule has 2 heterocycles. The van der Waals surface area contributed by atoms with Gasteiger partial charge in [0.2, 0.25) is 11.8 Å². The second-order valence-electron chi connectivity index (χ2n) is 4.14. The summed E-state index contributed by atoms with van der Waals surface area (Å²) in [5.41, 5.74) is 6.17. The maximum Gasteiger partial charge on any atom is 0.223 e. The molecule has 1 fully saturated rings. The number of carbonyl (C=O) groups is 2. The number of nitrogens with two attached hydrogens (primary N) is 1. The van der Waals surface area contributed by atoms with Crippen LogP contribution in [0.5, 0.6) is 0 Å². The highest BCUT2D eigenvalue weighted by Crippen LogP contribution is 2.17. The van der Waals surface area contributed by atoms with Crippen molar-refractivity contribution in [3.05, 3.63) is 24.3 Å². The Hall–Kier alpha value is -1.98. The van der Waals surface area contributed by atoms with Gasteiger partial charge in [0.25, 0.3) is 0 Å². The lowest BCUT2D eigenvalue weighted by Crippen LogP contribution is -2.30. The molecule has 1 aromatic heterocycles. The minimum absolute atomic E-state index is 0.00866. The van der Waals surface area contributed by atoms with Crippen molar-refractivity contribution in [3.8, 4) is 0 Å². The standard InChI is InChI=1S/C11H14N4O2/c12-11(17)9-3-10(16)15(6-9)2-1-8-4-13-7-14-5-8/h4-5,7,9H,1-3,6H2,(H2,12,17). The van der Waals surface area contributed by atoms with Crippen molar-refractivity contribution in [3.63, 3.8) is 0 Å². The SMILES string of the molecule is NC(=O)C1CC(=O)N(CCc2cncnc2)C1. The predicted molar refractivity (Wildman–Crippen MR) is 59.6 cm³/mol. The van der Waals surface area contributed by atoms with E-state index in [1.807, 2.05) is 0 Å². The first kappa shape index (κ1) is 11.5. The van der Waals surface area contributed by atoms with Gasteiger partial charge in [-0.1, -0.05) is 0 Å². The van der Waals surface area contributed by atoms with Gasteiger partial charge in [0, 0.05) is 31.9 Å². The van der Waals surface area contributed by atoms with Gasteiger partial charge in [-0.05, 0) is 12.0 Å². The third-order valence-electron chi connectivity index (χ3n) is 2.90. The highest BCUT2D eigenvalue weighted by molar-refractivity contribution is 5.88. The van der Waals surface area contributed by atoms with E-state index in [2.05, 4.69) is 9.97 Å². The molecule has 1 aliphatic heterocycles.